The molecule has 0 aromatic rings. The van der Waals surface area contributed by atoms with Crippen LogP contribution in [-0.2, 0) is 10.1 Å². The van der Waals surface area contributed by atoms with Crippen molar-refractivity contribution in [2.75, 3.05) is 0 Å². The first-order valence-electron chi connectivity index (χ1n) is 12.5. The van der Waals surface area contributed by atoms with Crippen molar-refractivity contribution in [3.05, 3.63) is 0 Å². The molecule has 2 unspecified atom stereocenters. The van der Waals surface area contributed by atoms with Crippen LogP contribution < -0.4 is 51.4 Å². The quantitative estimate of drug-likeness (QED) is 0.146. The number of hydrogen-bond acceptors (Lipinski definition) is 4. The van der Waals surface area contributed by atoms with E-state index in [1.807, 2.05) is 6.92 Å². The molecule has 0 amide bonds. The molecule has 0 aliphatic rings. The maximum atomic E-state index is 11.2. The molecule has 30 heavy (non-hydrogen) atoms. The number of hydrogen-bond donors (Lipinski definition) is 1. The third-order valence-electron chi connectivity index (χ3n) is 5.97. The van der Waals surface area contributed by atoms with E-state index in [-0.39, 0.29) is 57.5 Å². The van der Waals surface area contributed by atoms with Crippen molar-refractivity contribution >= 4 is 10.1 Å². The van der Waals surface area contributed by atoms with E-state index in [2.05, 4.69) is 6.92 Å². The van der Waals surface area contributed by atoms with Crippen molar-refractivity contribution in [3.8, 4) is 0 Å². The van der Waals surface area contributed by atoms with E-state index in [4.69, 9.17) is 0 Å². The van der Waals surface area contributed by atoms with E-state index in [9.17, 15) is 18.1 Å². The van der Waals surface area contributed by atoms with Gasteiger partial charge in [0.15, 0.2) is 0 Å². The average molecular weight is 473 g/mol. The Kier molecular flexibility index (Phi) is 26.6. The predicted octanol–water partition coefficient (Wildman–Crippen LogP) is 4.11. The van der Waals surface area contributed by atoms with Gasteiger partial charge in [-0.2, -0.15) is 0 Å². The van der Waals surface area contributed by atoms with Crippen LogP contribution in [0, 0.1) is 0 Å². The Balaban J connectivity index is 0. The van der Waals surface area contributed by atoms with Gasteiger partial charge in [-0.15, -0.1) is 0 Å². The maximum Gasteiger partial charge on any atom is 1.00 e. The van der Waals surface area contributed by atoms with E-state index in [1.54, 1.807) is 0 Å². The topological polar surface area (TPSA) is 77.4 Å². The van der Waals surface area contributed by atoms with Crippen LogP contribution in [0.25, 0.3) is 0 Å². The summed E-state index contributed by atoms with van der Waals surface area (Å²) in [6, 6.07) is 0. The molecule has 0 aromatic carbocycles. The summed E-state index contributed by atoms with van der Waals surface area (Å²) < 4.78 is 33.6. The van der Waals surface area contributed by atoms with E-state index in [1.165, 1.54) is 57.8 Å². The van der Waals surface area contributed by atoms with Crippen molar-refractivity contribution in [1.29, 1.82) is 0 Å². The summed E-state index contributed by atoms with van der Waals surface area (Å²) in [5.41, 5.74) is 0. The second-order valence-corrected chi connectivity index (χ2v) is 10.5. The van der Waals surface area contributed by atoms with Gasteiger partial charge in [-0.3, -0.25) is 0 Å². The minimum Gasteiger partial charge on any atom is -0.748 e. The minimum atomic E-state index is -4.13. The van der Waals surface area contributed by atoms with Crippen LogP contribution >= 0.6 is 0 Å². The fraction of sp³-hybridized carbons (Fsp3) is 1.00. The normalized spacial score (nSPS) is 13.7. The summed E-state index contributed by atoms with van der Waals surface area (Å²) in [6.45, 7) is 4.17. The fourth-order valence-electron chi connectivity index (χ4n) is 4.05. The van der Waals surface area contributed by atoms with Crippen molar-refractivity contribution in [2.24, 2.45) is 0 Å². The zero-order valence-corrected chi connectivity index (χ0v) is 24.3. The van der Waals surface area contributed by atoms with Crippen molar-refractivity contribution in [2.45, 2.75) is 154 Å². The van der Waals surface area contributed by atoms with E-state index >= 15 is 0 Å². The molecule has 0 aromatic heterocycles. The van der Waals surface area contributed by atoms with Crippen LogP contribution in [0.2, 0.25) is 0 Å². The minimum absolute atomic E-state index is 0. The zero-order valence-electron chi connectivity index (χ0n) is 20.4. The smallest absolute Gasteiger partial charge is 0.748 e. The van der Waals surface area contributed by atoms with Crippen molar-refractivity contribution < 1.29 is 69.5 Å². The Labute approximate surface area is 230 Å². The van der Waals surface area contributed by atoms with Crippen LogP contribution in [0.1, 0.15) is 142 Å². The van der Waals surface area contributed by atoms with E-state index in [0.717, 1.165) is 57.8 Å². The first-order chi connectivity index (χ1) is 13.9. The van der Waals surface area contributed by atoms with Crippen LogP contribution in [0.4, 0.5) is 0 Å². The molecule has 6 heteroatoms. The maximum absolute atomic E-state index is 11.2. The molecular weight excluding hydrogens is 423 g/mol. The van der Waals surface area contributed by atoms with E-state index in [0.29, 0.717) is 12.8 Å². The summed E-state index contributed by atoms with van der Waals surface area (Å²) >= 11 is 0. The van der Waals surface area contributed by atoms with Crippen LogP contribution in [0.15, 0.2) is 0 Å². The SMILES string of the molecule is CCCCCCCCCCC(O)CCCCCCCCCC(CCC)S(=O)(=O)[O-].[K+]. The Morgan fingerprint density at radius 1 is 0.600 bits per heavy atom. The molecule has 0 bridgehead atoms. The number of aliphatic hydroxyl groups excluding tert-OH is 1. The molecule has 0 rings (SSSR count). The Morgan fingerprint density at radius 3 is 1.33 bits per heavy atom. The largest absolute Gasteiger partial charge is 1.00 e. The number of unbranched alkanes of at least 4 members (excludes halogenated alkanes) is 13. The number of aliphatic hydroxyl groups is 1. The van der Waals surface area contributed by atoms with Gasteiger partial charge in [-0.1, -0.05) is 117 Å². The molecule has 0 fully saturated rings. The Bertz CT molecular complexity index is 442. The van der Waals surface area contributed by atoms with E-state index < -0.39 is 15.4 Å². The first kappa shape index (κ1) is 33.7. The Hall–Kier alpha value is 1.51. The molecule has 0 aliphatic heterocycles. The zero-order chi connectivity index (χ0) is 21.8. The summed E-state index contributed by atoms with van der Waals surface area (Å²) in [7, 11) is -4.13. The van der Waals surface area contributed by atoms with Gasteiger partial charge in [0.1, 0.15) is 0 Å². The molecule has 0 heterocycles. The van der Waals surface area contributed by atoms with Gasteiger partial charge in [0, 0.05) is 5.25 Å². The molecule has 0 saturated heterocycles. The van der Waals surface area contributed by atoms with Gasteiger partial charge in [0.05, 0.1) is 16.2 Å². The summed E-state index contributed by atoms with van der Waals surface area (Å²) in [5.74, 6) is 0. The first-order valence-corrected chi connectivity index (χ1v) is 14.0. The molecule has 0 radical (unpaired) electrons. The van der Waals surface area contributed by atoms with Crippen molar-refractivity contribution in [3.63, 3.8) is 0 Å². The standard InChI is InChI=1S/C24H50O4S.K/c1-3-5-6-7-8-10-13-16-20-23(25)21-17-14-11-9-12-15-18-22-24(19-4-2)29(26,27)28;/h23-25H,3-22H2,1-2H3,(H,26,27,28);/q;+1/p-1. The van der Waals surface area contributed by atoms with Gasteiger partial charge in [-0.05, 0) is 25.7 Å². The molecule has 0 spiro atoms. The van der Waals surface area contributed by atoms with Gasteiger partial charge >= 0.3 is 51.4 Å². The molecule has 176 valence electrons. The van der Waals surface area contributed by atoms with Gasteiger partial charge < -0.3 is 9.66 Å². The van der Waals surface area contributed by atoms with Crippen LogP contribution in [0.5, 0.6) is 0 Å². The summed E-state index contributed by atoms with van der Waals surface area (Å²) in [4.78, 5) is 0. The molecule has 4 nitrogen and oxygen atoms in total. The Morgan fingerprint density at radius 2 is 0.967 bits per heavy atom. The van der Waals surface area contributed by atoms with Crippen LogP contribution in [0.3, 0.4) is 0 Å². The molecule has 1 N–H and O–H groups in total. The third kappa shape index (κ3) is 22.7. The molecule has 0 aliphatic carbocycles. The monoisotopic (exact) mass is 472 g/mol. The van der Waals surface area contributed by atoms with Crippen molar-refractivity contribution in [1.82, 2.24) is 0 Å². The predicted molar refractivity (Wildman–Crippen MR) is 123 cm³/mol. The molecule has 0 saturated carbocycles. The average Bonchev–Trinajstić information content (AvgIpc) is 2.67. The second kappa shape index (κ2) is 23.7. The van der Waals surface area contributed by atoms with Gasteiger partial charge in [0.2, 0.25) is 0 Å². The van der Waals surface area contributed by atoms with Gasteiger partial charge in [0.25, 0.3) is 0 Å². The summed E-state index contributed by atoms with van der Waals surface area (Å²) in [5, 5.41) is 9.40. The molecular formula is C24H49KO4S. The fourth-order valence-corrected chi connectivity index (χ4v) is 5.03. The van der Waals surface area contributed by atoms with Gasteiger partial charge in [-0.25, -0.2) is 8.42 Å². The molecule has 2 atom stereocenters. The summed E-state index contributed by atoms with van der Waals surface area (Å²) in [6.07, 6.45) is 21.6. The van der Waals surface area contributed by atoms with Crippen LogP contribution in [-0.4, -0.2) is 29.4 Å². The number of rotatable bonds is 22. The third-order valence-corrected chi connectivity index (χ3v) is 7.26. The second-order valence-electron chi connectivity index (χ2n) is 8.87.